The normalized spacial score (nSPS) is 18.8. The average Bonchev–Trinajstić information content (AvgIpc) is 3.11. The summed E-state index contributed by atoms with van der Waals surface area (Å²) in [7, 11) is 1.82. The van der Waals surface area contributed by atoms with Crippen LogP contribution in [0.25, 0.3) is 6.08 Å². The lowest BCUT2D eigenvalue weighted by molar-refractivity contribution is -0.120. The molecule has 0 unspecified atom stereocenters. The van der Waals surface area contributed by atoms with Crippen LogP contribution in [0, 0.1) is 5.92 Å². The first-order valence-electron chi connectivity index (χ1n) is 10.4. The molecule has 2 atom stereocenters. The molecule has 1 aliphatic rings. The van der Waals surface area contributed by atoms with Crippen molar-refractivity contribution < 1.29 is 9.59 Å². The van der Waals surface area contributed by atoms with Crippen molar-refractivity contribution in [3.05, 3.63) is 46.8 Å². The number of halogens is 1. The van der Waals surface area contributed by atoms with Gasteiger partial charge in [-0.15, -0.1) is 10.2 Å². The minimum Gasteiger partial charge on any atom is -0.352 e. The largest absolute Gasteiger partial charge is 0.352 e. The third kappa shape index (κ3) is 6.83. The van der Waals surface area contributed by atoms with Crippen LogP contribution in [0.4, 0.5) is 0 Å². The van der Waals surface area contributed by atoms with E-state index in [1.807, 2.05) is 25.2 Å². The summed E-state index contributed by atoms with van der Waals surface area (Å²) in [5, 5.41) is 15.4. The minimum atomic E-state index is -0.252. The van der Waals surface area contributed by atoms with Crippen LogP contribution in [-0.4, -0.2) is 38.4 Å². The van der Waals surface area contributed by atoms with Crippen LogP contribution >= 0.6 is 23.4 Å². The molecule has 1 saturated carbocycles. The number of rotatable bonds is 8. The highest BCUT2D eigenvalue weighted by atomic mass is 35.5. The number of aromatic nitrogens is 3. The van der Waals surface area contributed by atoms with Gasteiger partial charge in [-0.1, -0.05) is 61.3 Å². The Bertz CT molecular complexity index is 946. The highest BCUT2D eigenvalue weighted by Crippen LogP contribution is 2.24. The number of hydrogen-bond acceptors (Lipinski definition) is 5. The molecule has 31 heavy (non-hydrogen) atoms. The molecule has 2 amide bonds. The van der Waals surface area contributed by atoms with Gasteiger partial charge in [0.15, 0.2) is 11.0 Å². The lowest BCUT2D eigenvalue weighted by Crippen LogP contribution is -2.41. The van der Waals surface area contributed by atoms with Crippen LogP contribution in [0.15, 0.2) is 35.5 Å². The van der Waals surface area contributed by atoms with Gasteiger partial charge in [0.2, 0.25) is 11.8 Å². The number of carbonyl (C=O) groups excluding carboxylic acids is 2. The lowest BCUT2D eigenvalue weighted by Gasteiger charge is -2.29. The Morgan fingerprint density at radius 1 is 1.26 bits per heavy atom. The standard InChI is InChI=1S/C22H28ClN5O2S/c1-15-7-3-6-10-18(15)25-21(30)14-31-22-27-26-19(28(22)2)13-24-20(29)12-11-16-8-4-5-9-17(16)23/h4-5,8-9,11-12,15,18H,3,6-7,10,13-14H2,1-2H3,(H,24,29)(H,25,30)/b12-11+/t15-,18-/m0/s1. The molecule has 0 bridgehead atoms. The van der Waals surface area contributed by atoms with Gasteiger partial charge in [0.25, 0.3) is 0 Å². The van der Waals surface area contributed by atoms with Gasteiger partial charge in [-0.2, -0.15) is 0 Å². The second-order valence-corrected chi connectivity index (χ2v) is 9.10. The maximum Gasteiger partial charge on any atom is 0.244 e. The van der Waals surface area contributed by atoms with Crippen LogP contribution in [-0.2, 0) is 23.2 Å². The van der Waals surface area contributed by atoms with Crippen LogP contribution in [0.2, 0.25) is 5.02 Å². The Hall–Kier alpha value is -2.32. The fourth-order valence-electron chi connectivity index (χ4n) is 3.53. The van der Waals surface area contributed by atoms with Gasteiger partial charge >= 0.3 is 0 Å². The van der Waals surface area contributed by atoms with Gasteiger partial charge in [0.1, 0.15) is 0 Å². The van der Waals surface area contributed by atoms with Gasteiger partial charge < -0.3 is 15.2 Å². The molecule has 0 saturated heterocycles. The number of amides is 2. The van der Waals surface area contributed by atoms with Gasteiger partial charge in [-0.05, 0) is 36.5 Å². The first kappa shape index (κ1) is 23.3. The Morgan fingerprint density at radius 3 is 2.81 bits per heavy atom. The van der Waals surface area contributed by atoms with Gasteiger partial charge in [0, 0.05) is 24.2 Å². The third-order valence-electron chi connectivity index (χ3n) is 5.46. The molecule has 166 valence electrons. The van der Waals surface area contributed by atoms with E-state index in [4.69, 9.17) is 11.6 Å². The van der Waals surface area contributed by atoms with Crippen LogP contribution < -0.4 is 10.6 Å². The Balaban J connectivity index is 1.45. The molecular formula is C22H28ClN5O2S. The van der Waals surface area contributed by atoms with Crippen molar-refractivity contribution in [3.8, 4) is 0 Å². The molecular weight excluding hydrogens is 434 g/mol. The summed E-state index contributed by atoms with van der Waals surface area (Å²) in [6, 6.07) is 7.57. The van der Waals surface area contributed by atoms with Gasteiger partial charge in [-0.25, -0.2) is 0 Å². The Kier molecular flexibility index (Phi) is 8.54. The molecule has 0 radical (unpaired) electrons. The molecule has 1 fully saturated rings. The predicted molar refractivity (Wildman–Crippen MR) is 124 cm³/mol. The molecule has 7 nitrogen and oxygen atoms in total. The molecule has 3 rings (SSSR count). The Morgan fingerprint density at radius 2 is 2.03 bits per heavy atom. The van der Waals surface area contributed by atoms with Crippen molar-refractivity contribution in [3.63, 3.8) is 0 Å². The first-order chi connectivity index (χ1) is 14.9. The predicted octanol–water partition coefficient (Wildman–Crippen LogP) is 3.59. The van der Waals surface area contributed by atoms with Crippen molar-refractivity contribution in [2.75, 3.05) is 5.75 Å². The van der Waals surface area contributed by atoms with Gasteiger partial charge in [-0.3, -0.25) is 9.59 Å². The summed E-state index contributed by atoms with van der Waals surface area (Å²) in [5.41, 5.74) is 0.776. The third-order valence-corrected chi connectivity index (χ3v) is 6.82. The van der Waals surface area contributed by atoms with Crippen LogP contribution in [0.1, 0.15) is 44.0 Å². The van der Waals surface area contributed by atoms with E-state index in [1.165, 1.54) is 37.1 Å². The van der Waals surface area contributed by atoms with Crippen LogP contribution in [0.3, 0.4) is 0 Å². The topological polar surface area (TPSA) is 88.9 Å². The fraction of sp³-hybridized carbons (Fsp3) is 0.455. The summed E-state index contributed by atoms with van der Waals surface area (Å²) in [5.74, 6) is 1.20. The summed E-state index contributed by atoms with van der Waals surface area (Å²) in [4.78, 5) is 24.4. The summed E-state index contributed by atoms with van der Waals surface area (Å²) >= 11 is 7.43. The monoisotopic (exact) mass is 461 g/mol. The molecule has 1 heterocycles. The summed E-state index contributed by atoms with van der Waals surface area (Å²) in [6.45, 7) is 2.44. The van der Waals surface area contributed by atoms with Crippen molar-refractivity contribution in [1.29, 1.82) is 0 Å². The zero-order chi connectivity index (χ0) is 22.2. The molecule has 0 spiro atoms. The molecule has 9 heteroatoms. The lowest BCUT2D eigenvalue weighted by atomic mass is 9.86. The van der Waals surface area contributed by atoms with E-state index in [-0.39, 0.29) is 24.4 Å². The number of nitrogens with one attached hydrogen (secondary N) is 2. The molecule has 2 aromatic rings. The van der Waals surface area contributed by atoms with E-state index >= 15 is 0 Å². The Labute approximate surface area is 192 Å². The smallest absolute Gasteiger partial charge is 0.244 e. The van der Waals surface area contributed by atoms with Crippen molar-refractivity contribution in [2.24, 2.45) is 13.0 Å². The van der Waals surface area contributed by atoms with E-state index in [9.17, 15) is 9.59 Å². The maximum atomic E-state index is 12.3. The molecule has 0 aliphatic heterocycles. The van der Waals surface area contributed by atoms with E-state index < -0.39 is 0 Å². The second-order valence-electron chi connectivity index (χ2n) is 7.75. The highest BCUT2D eigenvalue weighted by Gasteiger charge is 2.23. The number of benzene rings is 1. The first-order valence-corrected chi connectivity index (χ1v) is 11.8. The summed E-state index contributed by atoms with van der Waals surface area (Å²) in [6.07, 6.45) is 7.75. The number of nitrogens with zero attached hydrogens (tertiary/aromatic N) is 3. The van der Waals surface area contributed by atoms with Crippen molar-refractivity contribution >= 4 is 41.3 Å². The number of carbonyl (C=O) groups is 2. The molecule has 2 N–H and O–H groups in total. The molecule has 1 aromatic carbocycles. The van der Waals surface area contributed by atoms with E-state index in [1.54, 1.807) is 16.7 Å². The zero-order valence-electron chi connectivity index (χ0n) is 17.8. The molecule has 1 aromatic heterocycles. The fourth-order valence-corrected chi connectivity index (χ4v) is 4.47. The van der Waals surface area contributed by atoms with Crippen molar-refractivity contribution in [1.82, 2.24) is 25.4 Å². The average molecular weight is 462 g/mol. The van der Waals surface area contributed by atoms with E-state index in [0.717, 1.165) is 12.0 Å². The quantitative estimate of drug-likeness (QED) is 0.463. The number of hydrogen-bond donors (Lipinski definition) is 2. The SMILES string of the molecule is C[C@H]1CCCC[C@@H]1NC(=O)CSc1nnc(CNC(=O)/C=C/c2ccccc2Cl)n1C. The summed E-state index contributed by atoms with van der Waals surface area (Å²) < 4.78 is 1.79. The minimum absolute atomic E-state index is 0.0197. The van der Waals surface area contributed by atoms with Crippen molar-refractivity contribution in [2.45, 2.75) is 50.4 Å². The molecule has 1 aliphatic carbocycles. The van der Waals surface area contributed by atoms with Crippen LogP contribution in [0.5, 0.6) is 0 Å². The number of thioether (sulfide) groups is 1. The zero-order valence-corrected chi connectivity index (χ0v) is 19.4. The van der Waals surface area contributed by atoms with E-state index in [2.05, 4.69) is 27.8 Å². The van der Waals surface area contributed by atoms with E-state index in [0.29, 0.717) is 27.7 Å². The maximum absolute atomic E-state index is 12.3. The highest BCUT2D eigenvalue weighted by molar-refractivity contribution is 7.99. The second kappa shape index (κ2) is 11.3. The van der Waals surface area contributed by atoms with Gasteiger partial charge in [0.05, 0.1) is 12.3 Å².